The van der Waals surface area contributed by atoms with Crippen molar-refractivity contribution in [3.63, 3.8) is 0 Å². The summed E-state index contributed by atoms with van der Waals surface area (Å²) in [6.07, 6.45) is -0.596. The first-order chi connectivity index (χ1) is 5.75. The average molecular weight is 171 g/mol. The third-order valence-corrected chi connectivity index (χ3v) is 2.12. The molecule has 2 rings (SSSR count). The van der Waals surface area contributed by atoms with Gasteiger partial charge in [0, 0.05) is 0 Å². The minimum atomic E-state index is -0.989. The fourth-order valence-electron chi connectivity index (χ4n) is 1.44. The lowest BCUT2D eigenvalue weighted by Crippen LogP contribution is -2.24. The second-order valence-corrected chi connectivity index (χ2v) is 2.79. The quantitative estimate of drug-likeness (QED) is 0.464. The molecule has 6 nitrogen and oxygen atoms in total. The first-order valence-electron chi connectivity index (χ1n) is 3.62. The van der Waals surface area contributed by atoms with Crippen molar-refractivity contribution in [2.24, 2.45) is 0 Å². The molecule has 0 aromatic carbocycles. The van der Waals surface area contributed by atoms with Crippen molar-refractivity contribution in [1.82, 2.24) is 15.0 Å². The van der Waals surface area contributed by atoms with E-state index in [9.17, 15) is 10.2 Å². The Hall–Kier alpha value is -0.980. The predicted octanol–water partition coefficient (Wildman–Crippen LogP) is -1.78. The number of aliphatic hydroxyl groups is 3. The molecule has 0 saturated heterocycles. The highest BCUT2D eigenvalue weighted by Gasteiger charge is 2.39. The zero-order chi connectivity index (χ0) is 8.72. The summed E-state index contributed by atoms with van der Waals surface area (Å²) in [4.78, 5) is 0. The van der Waals surface area contributed by atoms with Crippen LogP contribution in [0.4, 0.5) is 0 Å². The van der Waals surface area contributed by atoms with Gasteiger partial charge in [-0.2, -0.15) is 0 Å². The van der Waals surface area contributed by atoms with Gasteiger partial charge >= 0.3 is 0 Å². The normalized spacial score (nSPS) is 33.8. The summed E-state index contributed by atoms with van der Waals surface area (Å²) in [5.74, 6) is 0. The van der Waals surface area contributed by atoms with Gasteiger partial charge in [0.2, 0.25) is 0 Å². The predicted molar refractivity (Wildman–Crippen MR) is 37.1 cm³/mol. The zero-order valence-corrected chi connectivity index (χ0v) is 6.20. The summed E-state index contributed by atoms with van der Waals surface area (Å²) in [6, 6.07) is -0.572. The van der Waals surface area contributed by atoms with Crippen LogP contribution >= 0.6 is 0 Å². The van der Waals surface area contributed by atoms with Gasteiger partial charge in [-0.05, 0) is 0 Å². The topological polar surface area (TPSA) is 91.4 Å². The van der Waals surface area contributed by atoms with Gasteiger partial charge in [0.25, 0.3) is 0 Å². The van der Waals surface area contributed by atoms with E-state index in [4.69, 9.17) is 5.11 Å². The van der Waals surface area contributed by atoms with Gasteiger partial charge in [-0.3, -0.25) is 0 Å². The molecule has 0 saturated carbocycles. The number of hydrogen-bond donors (Lipinski definition) is 3. The third kappa shape index (κ3) is 0.795. The molecule has 0 fully saturated rings. The molecule has 1 aromatic rings. The zero-order valence-electron chi connectivity index (χ0n) is 6.20. The highest BCUT2D eigenvalue weighted by Crippen LogP contribution is 2.32. The van der Waals surface area contributed by atoms with Crippen molar-refractivity contribution in [1.29, 1.82) is 0 Å². The Kier molecular flexibility index (Phi) is 1.60. The standard InChI is InChI=1S/C6H9N3O3/c10-2-4-6(12)5(11)3-1-7-8-9(3)4/h1,4-6,10-12H,2H2/t4-,5-,6-/m0/s1. The first kappa shape index (κ1) is 7.66. The minimum absolute atomic E-state index is 0.255. The Balaban J connectivity index is 2.42. The Labute approximate surface area is 68.1 Å². The van der Waals surface area contributed by atoms with Crippen LogP contribution in [0.5, 0.6) is 0 Å². The molecule has 3 N–H and O–H groups in total. The van der Waals surface area contributed by atoms with Gasteiger partial charge in [0.15, 0.2) is 0 Å². The second-order valence-electron chi connectivity index (χ2n) is 2.79. The Bertz CT molecular complexity index is 287. The SMILES string of the molecule is OC[C@H]1[C@H](O)[C@@H](O)c2cnnn21. The van der Waals surface area contributed by atoms with Crippen LogP contribution in [-0.2, 0) is 0 Å². The molecule has 0 radical (unpaired) electrons. The van der Waals surface area contributed by atoms with Crippen molar-refractivity contribution in [3.8, 4) is 0 Å². The smallest absolute Gasteiger partial charge is 0.125 e. The highest BCUT2D eigenvalue weighted by molar-refractivity contribution is 5.10. The van der Waals surface area contributed by atoms with Crippen molar-refractivity contribution in [2.45, 2.75) is 18.2 Å². The number of fused-ring (bicyclic) bond motifs is 1. The van der Waals surface area contributed by atoms with Gasteiger partial charge in [0.1, 0.15) is 18.2 Å². The van der Waals surface area contributed by atoms with E-state index in [0.717, 1.165) is 0 Å². The van der Waals surface area contributed by atoms with E-state index in [-0.39, 0.29) is 6.61 Å². The summed E-state index contributed by atoms with van der Waals surface area (Å²) in [5, 5.41) is 34.8. The molecule has 3 atom stereocenters. The van der Waals surface area contributed by atoms with E-state index in [1.165, 1.54) is 10.9 Å². The van der Waals surface area contributed by atoms with Gasteiger partial charge < -0.3 is 15.3 Å². The molecule has 0 aliphatic carbocycles. The molecule has 1 aliphatic rings. The van der Waals surface area contributed by atoms with E-state index >= 15 is 0 Å². The molecule has 1 aliphatic heterocycles. The minimum Gasteiger partial charge on any atom is -0.394 e. The largest absolute Gasteiger partial charge is 0.394 e. The van der Waals surface area contributed by atoms with E-state index < -0.39 is 18.2 Å². The summed E-state index contributed by atoms with van der Waals surface area (Å²) < 4.78 is 1.34. The molecule has 12 heavy (non-hydrogen) atoms. The van der Waals surface area contributed by atoms with Gasteiger partial charge in [0.05, 0.1) is 18.5 Å². The monoisotopic (exact) mass is 171 g/mol. The van der Waals surface area contributed by atoms with E-state index in [1.54, 1.807) is 0 Å². The van der Waals surface area contributed by atoms with Crippen LogP contribution in [0.15, 0.2) is 6.20 Å². The fraction of sp³-hybridized carbons (Fsp3) is 0.667. The van der Waals surface area contributed by atoms with Gasteiger partial charge in [-0.15, -0.1) is 5.10 Å². The second kappa shape index (κ2) is 2.51. The molecule has 0 amide bonds. The van der Waals surface area contributed by atoms with E-state index in [2.05, 4.69) is 10.3 Å². The van der Waals surface area contributed by atoms with E-state index in [1.807, 2.05) is 0 Å². The fourth-order valence-corrected chi connectivity index (χ4v) is 1.44. The number of rotatable bonds is 1. The Morgan fingerprint density at radius 1 is 1.50 bits per heavy atom. The first-order valence-corrected chi connectivity index (χ1v) is 3.62. The van der Waals surface area contributed by atoms with Crippen molar-refractivity contribution in [2.75, 3.05) is 6.61 Å². The van der Waals surface area contributed by atoms with Gasteiger partial charge in [-0.1, -0.05) is 5.21 Å². The van der Waals surface area contributed by atoms with Crippen LogP contribution in [0.25, 0.3) is 0 Å². The molecule has 0 bridgehead atoms. The molecule has 0 spiro atoms. The van der Waals surface area contributed by atoms with Crippen LogP contribution < -0.4 is 0 Å². The van der Waals surface area contributed by atoms with Crippen molar-refractivity contribution < 1.29 is 15.3 Å². The average Bonchev–Trinajstić information content (AvgIpc) is 2.59. The maximum atomic E-state index is 9.38. The highest BCUT2D eigenvalue weighted by atomic mass is 16.3. The van der Waals surface area contributed by atoms with Crippen molar-refractivity contribution >= 4 is 0 Å². The van der Waals surface area contributed by atoms with Crippen LogP contribution in [0.2, 0.25) is 0 Å². The summed E-state index contributed by atoms with van der Waals surface area (Å²) >= 11 is 0. The summed E-state index contributed by atoms with van der Waals surface area (Å²) in [6.45, 7) is -0.255. The van der Waals surface area contributed by atoms with Crippen LogP contribution in [0.1, 0.15) is 17.8 Å². The molecule has 1 aromatic heterocycles. The molecule has 0 unspecified atom stereocenters. The molecular weight excluding hydrogens is 162 g/mol. The molecule has 6 heteroatoms. The number of nitrogens with zero attached hydrogens (tertiary/aromatic N) is 3. The van der Waals surface area contributed by atoms with Crippen LogP contribution in [0.3, 0.4) is 0 Å². The maximum absolute atomic E-state index is 9.38. The van der Waals surface area contributed by atoms with Crippen molar-refractivity contribution in [3.05, 3.63) is 11.9 Å². The van der Waals surface area contributed by atoms with Crippen LogP contribution in [-0.4, -0.2) is 43.0 Å². The maximum Gasteiger partial charge on any atom is 0.125 e. The molecular formula is C6H9N3O3. The lowest BCUT2D eigenvalue weighted by molar-refractivity contribution is -0.00297. The molecule has 2 heterocycles. The number of aromatic nitrogens is 3. The third-order valence-electron chi connectivity index (χ3n) is 2.12. The Morgan fingerprint density at radius 2 is 2.25 bits per heavy atom. The van der Waals surface area contributed by atoms with Crippen LogP contribution in [0, 0.1) is 0 Å². The lowest BCUT2D eigenvalue weighted by Gasteiger charge is -2.13. The lowest BCUT2D eigenvalue weighted by atomic mass is 10.1. The number of aliphatic hydroxyl groups excluding tert-OH is 3. The van der Waals surface area contributed by atoms with Gasteiger partial charge in [-0.25, -0.2) is 4.68 Å². The van der Waals surface area contributed by atoms with E-state index in [0.29, 0.717) is 5.69 Å². The summed E-state index contributed by atoms with van der Waals surface area (Å²) in [7, 11) is 0. The Morgan fingerprint density at radius 3 is 2.92 bits per heavy atom. The summed E-state index contributed by atoms with van der Waals surface area (Å²) in [5.41, 5.74) is 0.446. The molecule has 66 valence electrons. The number of hydrogen-bond acceptors (Lipinski definition) is 5.